The molecule has 0 bridgehead atoms. The zero-order valence-corrected chi connectivity index (χ0v) is 10.8. The van der Waals surface area contributed by atoms with Crippen molar-refractivity contribution < 1.29 is 9.13 Å². The Hall–Kier alpha value is -0.320. The lowest BCUT2D eigenvalue weighted by Crippen LogP contribution is -2.11. The zero-order valence-electron chi connectivity index (χ0n) is 8.37. The van der Waals surface area contributed by atoms with E-state index >= 15 is 0 Å². The van der Waals surface area contributed by atoms with Gasteiger partial charge in [-0.25, -0.2) is 0 Å². The molecule has 0 amide bonds. The van der Waals surface area contributed by atoms with E-state index in [0.717, 1.165) is 15.8 Å². The molecule has 0 saturated heterocycles. The zero-order chi connectivity index (χ0) is 10.6. The molecule has 2 N–H and O–H groups in total. The first-order valence-corrected chi connectivity index (χ1v) is 5.13. The fraction of sp³-hybridized carbons (Fsp3) is 0.400. The molecule has 0 aliphatic rings. The fourth-order valence-corrected chi connectivity index (χ4v) is 1.75. The molecule has 86 valence electrons. The number of alkyl halides is 1. The molecule has 2 nitrogen and oxygen atoms in total. The monoisotopic (exact) mass is 297 g/mol. The van der Waals surface area contributed by atoms with Crippen LogP contribution in [0.1, 0.15) is 18.0 Å². The van der Waals surface area contributed by atoms with Crippen LogP contribution in [0.2, 0.25) is 0 Å². The maximum absolute atomic E-state index is 12.1. The SMILES string of the molecule is COc1ccc(Br)c([C@H](N)CCF)c1.Cl. The van der Waals surface area contributed by atoms with Gasteiger partial charge in [-0.2, -0.15) is 0 Å². The number of ether oxygens (including phenoxy) is 1. The lowest BCUT2D eigenvalue weighted by Gasteiger charge is -2.13. The molecule has 0 heterocycles. The van der Waals surface area contributed by atoms with Crippen molar-refractivity contribution in [1.82, 2.24) is 0 Å². The van der Waals surface area contributed by atoms with Gasteiger partial charge in [-0.1, -0.05) is 15.9 Å². The van der Waals surface area contributed by atoms with Crippen molar-refractivity contribution in [3.8, 4) is 5.75 Å². The highest BCUT2D eigenvalue weighted by Gasteiger charge is 2.10. The molecule has 1 aromatic carbocycles. The average Bonchev–Trinajstić information content (AvgIpc) is 2.19. The van der Waals surface area contributed by atoms with Crippen molar-refractivity contribution in [3.63, 3.8) is 0 Å². The highest BCUT2D eigenvalue weighted by atomic mass is 79.9. The van der Waals surface area contributed by atoms with Crippen LogP contribution in [-0.2, 0) is 0 Å². The Kier molecular flexibility index (Phi) is 6.89. The van der Waals surface area contributed by atoms with Crippen LogP contribution >= 0.6 is 28.3 Å². The minimum absolute atomic E-state index is 0. The average molecular weight is 299 g/mol. The van der Waals surface area contributed by atoms with Crippen LogP contribution < -0.4 is 10.5 Å². The molecule has 0 aliphatic carbocycles. The summed E-state index contributed by atoms with van der Waals surface area (Å²) >= 11 is 3.37. The Bertz CT molecular complexity index is 311. The van der Waals surface area contributed by atoms with Crippen LogP contribution in [0.5, 0.6) is 5.75 Å². The van der Waals surface area contributed by atoms with Crippen LogP contribution in [0.4, 0.5) is 4.39 Å². The quantitative estimate of drug-likeness (QED) is 0.926. The van der Waals surface area contributed by atoms with Crippen molar-refractivity contribution in [2.75, 3.05) is 13.8 Å². The first-order chi connectivity index (χ1) is 6.69. The number of methoxy groups -OCH3 is 1. The molecule has 5 heteroatoms. The number of halogens is 3. The summed E-state index contributed by atoms with van der Waals surface area (Å²) in [4.78, 5) is 0. The first-order valence-electron chi connectivity index (χ1n) is 4.34. The molecule has 0 fully saturated rings. The van der Waals surface area contributed by atoms with Crippen molar-refractivity contribution in [2.24, 2.45) is 5.73 Å². The third kappa shape index (κ3) is 3.97. The lowest BCUT2D eigenvalue weighted by molar-refractivity contribution is 0.411. The Labute approximate surface area is 104 Å². The van der Waals surface area contributed by atoms with Gasteiger partial charge in [0.1, 0.15) is 5.75 Å². The van der Waals surface area contributed by atoms with Crippen molar-refractivity contribution in [2.45, 2.75) is 12.5 Å². The highest BCUT2D eigenvalue weighted by molar-refractivity contribution is 9.10. The van der Waals surface area contributed by atoms with E-state index in [9.17, 15) is 4.39 Å². The first kappa shape index (κ1) is 14.7. The number of hydrogen-bond donors (Lipinski definition) is 1. The standard InChI is InChI=1S/C10H13BrFNO.ClH/c1-14-7-2-3-9(11)8(6-7)10(13)4-5-12;/h2-3,6,10H,4-5,13H2,1H3;1H/t10-;/m1./s1. The molecule has 0 saturated carbocycles. The summed E-state index contributed by atoms with van der Waals surface area (Å²) in [5.41, 5.74) is 6.68. The molecule has 0 radical (unpaired) electrons. The van der Waals surface area contributed by atoms with Crippen LogP contribution in [-0.4, -0.2) is 13.8 Å². The number of nitrogens with two attached hydrogens (primary N) is 1. The fourth-order valence-electron chi connectivity index (χ4n) is 1.21. The minimum atomic E-state index is -0.412. The molecule has 15 heavy (non-hydrogen) atoms. The summed E-state index contributed by atoms with van der Waals surface area (Å²) in [5.74, 6) is 0.734. The summed E-state index contributed by atoms with van der Waals surface area (Å²) in [6.07, 6.45) is 0.325. The molecule has 0 aliphatic heterocycles. The molecular weight excluding hydrogens is 284 g/mol. The second-order valence-corrected chi connectivity index (χ2v) is 3.83. The second-order valence-electron chi connectivity index (χ2n) is 2.97. The van der Waals surface area contributed by atoms with Gasteiger partial charge in [-0.3, -0.25) is 4.39 Å². The van der Waals surface area contributed by atoms with Gasteiger partial charge in [-0.15, -0.1) is 12.4 Å². The van der Waals surface area contributed by atoms with Gasteiger partial charge >= 0.3 is 0 Å². The van der Waals surface area contributed by atoms with Crippen LogP contribution in [0.25, 0.3) is 0 Å². The van der Waals surface area contributed by atoms with Gasteiger partial charge in [0, 0.05) is 10.5 Å². The topological polar surface area (TPSA) is 35.2 Å². The van der Waals surface area contributed by atoms with E-state index in [4.69, 9.17) is 10.5 Å². The predicted octanol–water partition coefficient (Wildman–Crippen LogP) is 3.24. The third-order valence-corrected chi connectivity index (χ3v) is 2.74. The van der Waals surface area contributed by atoms with Gasteiger partial charge in [0.25, 0.3) is 0 Å². The van der Waals surface area contributed by atoms with Crippen LogP contribution in [0, 0.1) is 0 Å². The maximum atomic E-state index is 12.1. The van der Waals surface area contributed by atoms with Crippen molar-refractivity contribution >= 4 is 28.3 Å². The summed E-state index contributed by atoms with van der Waals surface area (Å²) in [7, 11) is 1.59. The molecule has 1 atom stereocenters. The Balaban J connectivity index is 0.00000196. The summed E-state index contributed by atoms with van der Waals surface area (Å²) in [5, 5.41) is 0. The van der Waals surface area contributed by atoms with Crippen LogP contribution in [0.15, 0.2) is 22.7 Å². The van der Waals surface area contributed by atoms with Crippen molar-refractivity contribution in [3.05, 3.63) is 28.2 Å². The van der Waals surface area contributed by atoms with Gasteiger partial charge < -0.3 is 10.5 Å². The van der Waals surface area contributed by atoms with Gasteiger partial charge in [0.15, 0.2) is 0 Å². The van der Waals surface area contributed by atoms with E-state index in [-0.39, 0.29) is 18.4 Å². The maximum Gasteiger partial charge on any atom is 0.119 e. The number of hydrogen-bond acceptors (Lipinski definition) is 2. The second kappa shape index (κ2) is 7.04. The van der Waals surface area contributed by atoms with Crippen molar-refractivity contribution in [1.29, 1.82) is 0 Å². The Morgan fingerprint density at radius 2 is 2.20 bits per heavy atom. The van der Waals surface area contributed by atoms with E-state index in [1.54, 1.807) is 7.11 Å². The smallest absolute Gasteiger partial charge is 0.119 e. The van der Waals surface area contributed by atoms with E-state index in [0.29, 0.717) is 6.42 Å². The summed E-state index contributed by atoms with van der Waals surface area (Å²) in [6, 6.07) is 5.22. The van der Waals surface area contributed by atoms with Gasteiger partial charge in [-0.05, 0) is 30.2 Å². The van der Waals surface area contributed by atoms with Crippen LogP contribution in [0.3, 0.4) is 0 Å². The summed E-state index contributed by atoms with van der Waals surface area (Å²) < 4.78 is 18.1. The molecule has 0 spiro atoms. The van der Waals surface area contributed by atoms with Gasteiger partial charge in [0.05, 0.1) is 13.8 Å². The van der Waals surface area contributed by atoms with Gasteiger partial charge in [0.2, 0.25) is 0 Å². The summed E-state index contributed by atoms with van der Waals surface area (Å²) in [6.45, 7) is -0.412. The van der Waals surface area contributed by atoms with E-state index in [1.165, 1.54) is 0 Å². The molecule has 1 aromatic rings. The number of benzene rings is 1. The third-order valence-electron chi connectivity index (χ3n) is 2.02. The molecular formula is C10H14BrClFNO. The normalized spacial score (nSPS) is 11.7. The number of rotatable bonds is 4. The Morgan fingerprint density at radius 1 is 1.53 bits per heavy atom. The molecule has 0 unspecified atom stereocenters. The minimum Gasteiger partial charge on any atom is -0.497 e. The van der Waals surface area contributed by atoms with E-state index in [2.05, 4.69) is 15.9 Å². The highest BCUT2D eigenvalue weighted by Crippen LogP contribution is 2.28. The lowest BCUT2D eigenvalue weighted by atomic mass is 10.1. The Morgan fingerprint density at radius 3 is 2.73 bits per heavy atom. The van der Waals surface area contributed by atoms with E-state index in [1.807, 2.05) is 18.2 Å². The molecule has 0 aromatic heterocycles. The molecule has 1 rings (SSSR count). The largest absolute Gasteiger partial charge is 0.497 e. The van der Waals surface area contributed by atoms with E-state index < -0.39 is 6.67 Å². The predicted molar refractivity (Wildman–Crippen MR) is 65.5 cm³/mol.